The highest BCUT2D eigenvalue weighted by Crippen LogP contribution is 2.23. The lowest BCUT2D eigenvalue weighted by atomic mass is 10.0. The summed E-state index contributed by atoms with van der Waals surface area (Å²) in [5.41, 5.74) is 0.923. The van der Waals surface area contributed by atoms with Gasteiger partial charge in [-0.05, 0) is 20.8 Å². The maximum absolute atomic E-state index is 12.1. The summed E-state index contributed by atoms with van der Waals surface area (Å²) in [7, 11) is 0. The van der Waals surface area contributed by atoms with Gasteiger partial charge in [0.05, 0.1) is 12.7 Å². The topological polar surface area (TPSA) is 95.5 Å². The molecule has 0 aromatic carbocycles. The number of fused-ring (bicyclic) bond motifs is 1. The van der Waals surface area contributed by atoms with Crippen LogP contribution in [0.3, 0.4) is 0 Å². The first kappa shape index (κ1) is 13.4. The minimum Gasteiger partial charge on any atom is -0.480 e. The van der Waals surface area contributed by atoms with Crippen LogP contribution in [-0.2, 0) is 22.5 Å². The van der Waals surface area contributed by atoms with Crippen molar-refractivity contribution < 1.29 is 19.4 Å². The van der Waals surface area contributed by atoms with E-state index in [2.05, 4.69) is 10.2 Å². The molecule has 0 fully saturated rings. The van der Waals surface area contributed by atoms with Crippen LogP contribution in [0.2, 0.25) is 0 Å². The van der Waals surface area contributed by atoms with Gasteiger partial charge in [-0.15, -0.1) is 0 Å². The zero-order valence-electron chi connectivity index (χ0n) is 11.1. The van der Waals surface area contributed by atoms with Crippen molar-refractivity contribution in [2.24, 2.45) is 0 Å². The predicted octanol–water partition coefficient (Wildman–Crippen LogP) is 1.16. The Morgan fingerprint density at radius 2 is 2.21 bits per heavy atom. The number of carbonyl (C=O) groups excluding carboxylic acids is 1. The average Bonchev–Trinajstić information content (AvgIpc) is 2.71. The second-order valence-electron chi connectivity index (χ2n) is 5.54. The molecule has 0 bridgehead atoms. The highest BCUT2D eigenvalue weighted by molar-refractivity contribution is 5.81. The van der Waals surface area contributed by atoms with Gasteiger partial charge in [0, 0.05) is 17.7 Å². The standard InChI is InChI=1S/C12H17N3O4/c1-12(2,3)19-11(18)15-6-7-5-13-14-8(7)4-9(15)10(16)17/h5,9H,4,6H2,1-3H3,(H,13,14)(H,16,17). The van der Waals surface area contributed by atoms with Crippen LogP contribution in [-0.4, -0.2) is 43.9 Å². The quantitative estimate of drug-likeness (QED) is 0.796. The molecule has 19 heavy (non-hydrogen) atoms. The summed E-state index contributed by atoms with van der Waals surface area (Å²) in [6.07, 6.45) is 1.20. The second kappa shape index (κ2) is 4.56. The van der Waals surface area contributed by atoms with Crippen molar-refractivity contribution >= 4 is 12.1 Å². The smallest absolute Gasteiger partial charge is 0.411 e. The fourth-order valence-electron chi connectivity index (χ4n) is 1.98. The number of rotatable bonds is 1. The van der Waals surface area contributed by atoms with Gasteiger partial charge in [-0.25, -0.2) is 9.59 Å². The third-order valence-corrected chi connectivity index (χ3v) is 2.83. The number of hydrogen-bond donors (Lipinski definition) is 2. The van der Waals surface area contributed by atoms with Gasteiger partial charge in [0.1, 0.15) is 11.6 Å². The molecule has 1 aromatic rings. The first-order valence-corrected chi connectivity index (χ1v) is 6.01. The summed E-state index contributed by atoms with van der Waals surface area (Å²) < 4.78 is 5.24. The number of nitrogens with one attached hydrogen (secondary N) is 1. The molecule has 1 aliphatic rings. The monoisotopic (exact) mass is 267 g/mol. The molecule has 1 amide bonds. The van der Waals surface area contributed by atoms with E-state index in [1.54, 1.807) is 27.0 Å². The Kier molecular flexibility index (Phi) is 3.21. The van der Waals surface area contributed by atoms with Crippen molar-refractivity contribution in [1.82, 2.24) is 15.1 Å². The van der Waals surface area contributed by atoms with Crippen LogP contribution in [0.15, 0.2) is 6.20 Å². The normalized spacial score (nSPS) is 18.9. The summed E-state index contributed by atoms with van der Waals surface area (Å²) in [6, 6.07) is -0.928. The maximum Gasteiger partial charge on any atom is 0.411 e. The van der Waals surface area contributed by atoms with Gasteiger partial charge < -0.3 is 9.84 Å². The number of carboxylic acids is 1. The van der Waals surface area contributed by atoms with E-state index in [9.17, 15) is 14.7 Å². The molecule has 2 heterocycles. The van der Waals surface area contributed by atoms with Gasteiger partial charge in [-0.3, -0.25) is 10.00 Å². The third kappa shape index (κ3) is 2.86. The van der Waals surface area contributed by atoms with Crippen LogP contribution in [0.1, 0.15) is 32.0 Å². The largest absolute Gasteiger partial charge is 0.480 e. The van der Waals surface area contributed by atoms with Crippen LogP contribution >= 0.6 is 0 Å². The number of nitrogens with zero attached hydrogens (tertiary/aromatic N) is 2. The van der Waals surface area contributed by atoms with E-state index in [1.165, 1.54) is 4.90 Å². The molecule has 104 valence electrons. The highest BCUT2D eigenvalue weighted by Gasteiger charge is 2.37. The minimum atomic E-state index is -1.05. The van der Waals surface area contributed by atoms with Gasteiger partial charge in [0.2, 0.25) is 0 Å². The second-order valence-corrected chi connectivity index (χ2v) is 5.54. The van der Waals surface area contributed by atoms with Crippen molar-refractivity contribution in [2.45, 2.75) is 45.4 Å². The Bertz CT molecular complexity index is 503. The number of amides is 1. The summed E-state index contributed by atoms with van der Waals surface area (Å²) in [5.74, 6) is -1.05. The molecule has 1 aliphatic heterocycles. The Balaban J connectivity index is 2.22. The summed E-state index contributed by atoms with van der Waals surface area (Å²) >= 11 is 0. The molecular weight excluding hydrogens is 250 g/mol. The predicted molar refractivity (Wildman–Crippen MR) is 65.5 cm³/mol. The van der Waals surface area contributed by atoms with Gasteiger partial charge in [-0.2, -0.15) is 5.10 Å². The van der Waals surface area contributed by atoms with E-state index < -0.39 is 23.7 Å². The van der Waals surface area contributed by atoms with Crippen molar-refractivity contribution in [3.8, 4) is 0 Å². The zero-order chi connectivity index (χ0) is 14.2. The number of aromatic nitrogens is 2. The van der Waals surface area contributed by atoms with Crippen molar-refractivity contribution in [3.63, 3.8) is 0 Å². The molecule has 0 saturated carbocycles. The molecule has 7 nitrogen and oxygen atoms in total. The molecular formula is C12H17N3O4. The van der Waals surface area contributed by atoms with Crippen LogP contribution in [0, 0.1) is 0 Å². The minimum absolute atomic E-state index is 0.192. The Hall–Kier alpha value is -2.05. The fourth-order valence-corrected chi connectivity index (χ4v) is 1.98. The van der Waals surface area contributed by atoms with Gasteiger partial charge in [-0.1, -0.05) is 0 Å². The molecule has 2 N–H and O–H groups in total. The highest BCUT2D eigenvalue weighted by atomic mass is 16.6. The number of aromatic amines is 1. The molecule has 1 unspecified atom stereocenters. The lowest BCUT2D eigenvalue weighted by Gasteiger charge is -2.34. The van der Waals surface area contributed by atoms with Crippen molar-refractivity contribution in [2.75, 3.05) is 0 Å². The summed E-state index contributed by atoms with van der Waals surface area (Å²) in [6.45, 7) is 5.42. The number of ether oxygens (including phenoxy) is 1. The number of hydrogen-bond acceptors (Lipinski definition) is 4. The molecule has 0 spiro atoms. The fraction of sp³-hybridized carbons (Fsp3) is 0.583. The summed E-state index contributed by atoms with van der Waals surface area (Å²) in [5, 5.41) is 15.9. The molecule has 0 saturated heterocycles. The Morgan fingerprint density at radius 1 is 1.53 bits per heavy atom. The van der Waals surface area contributed by atoms with E-state index in [-0.39, 0.29) is 13.0 Å². The van der Waals surface area contributed by atoms with E-state index in [1.807, 2.05) is 0 Å². The van der Waals surface area contributed by atoms with Crippen LogP contribution in [0.4, 0.5) is 4.79 Å². The van der Waals surface area contributed by atoms with E-state index in [0.29, 0.717) is 0 Å². The molecule has 7 heteroatoms. The van der Waals surface area contributed by atoms with Crippen molar-refractivity contribution in [1.29, 1.82) is 0 Å². The lowest BCUT2D eigenvalue weighted by Crippen LogP contribution is -2.50. The van der Waals surface area contributed by atoms with Crippen LogP contribution < -0.4 is 0 Å². The molecule has 0 aliphatic carbocycles. The number of H-pyrrole nitrogens is 1. The van der Waals surface area contributed by atoms with Crippen LogP contribution in [0.25, 0.3) is 0 Å². The molecule has 2 rings (SSSR count). The Morgan fingerprint density at radius 3 is 2.79 bits per heavy atom. The molecule has 0 radical (unpaired) electrons. The van der Waals surface area contributed by atoms with Crippen molar-refractivity contribution in [3.05, 3.63) is 17.5 Å². The molecule has 1 aromatic heterocycles. The Labute approximate surface area is 110 Å². The maximum atomic E-state index is 12.1. The van der Waals surface area contributed by atoms with Gasteiger partial charge in [0.25, 0.3) is 0 Å². The first-order chi connectivity index (χ1) is 8.78. The first-order valence-electron chi connectivity index (χ1n) is 6.01. The third-order valence-electron chi connectivity index (χ3n) is 2.83. The lowest BCUT2D eigenvalue weighted by molar-refractivity contribution is -0.143. The summed E-state index contributed by atoms with van der Waals surface area (Å²) in [4.78, 5) is 24.6. The van der Waals surface area contributed by atoms with E-state index >= 15 is 0 Å². The van der Waals surface area contributed by atoms with Gasteiger partial charge in [0.15, 0.2) is 0 Å². The zero-order valence-corrected chi connectivity index (χ0v) is 11.1. The van der Waals surface area contributed by atoms with E-state index in [0.717, 1.165) is 11.3 Å². The number of carboxylic acid groups (broad SMARTS) is 1. The number of aliphatic carboxylic acids is 1. The number of carbonyl (C=O) groups is 2. The van der Waals surface area contributed by atoms with E-state index in [4.69, 9.17) is 4.74 Å². The van der Waals surface area contributed by atoms with Gasteiger partial charge >= 0.3 is 12.1 Å². The van der Waals surface area contributed by atoms with Crippen LogP contribution in [0.5, 0.6) is 0 Å². The SMILES string of the molecule is CC(C)(C)OC(=O)N1Cc2cn[nH]c2CC1C(=O)O. The average molecular weight is 267 g/mol. The molecule has 1 atom stereocenters.